The minimum atomic E-state index is -0.658. The van der Waals surface area contributed by atoms with E-state index in [1.54, 1.807) is 6.07 Å². The van der Waals surface area contributed by atoms with Crippen molar-refractivity contribution in [3.8, 4) is 0 Å². The van der Waals surface area contributed by atoms with Crippen LogP contribution in [0.15, 0.2) is 24.3 Å². The number of aliphatic hydroxyl groups excluding tert-OH is 1. The van der Waals surface area contributed by atoms with Crippen LogP contribution in [0.5, 0.6) is 0 Å². The molecule has 5 nitrogen and oxygen atoms in total. The van der Waals surface area contributed by atoms with Crippen molar-refractivity contribution in [3.05, 3.63) is 29.8 Å². The van der Waals surface area contributed by atoms with E-state index in [2.05, 4.69) is 17.6 Å². The molecule has 0 radical (unpaired) electrons. The number of anilines is 1. The van der Waals surface area contributed by atoms with Crippen molar-refractivity contribution in [3.63, 3.8) is 0 Å². The van der Waals surface area contributed by atoms with Crippen LogP contribution in [-0.4, -0.2) is 29.6 Å². The van der Waals surface area contributed by atoms with E-state index in [-0.39, 0.29) is 12.6 Å². The highest BCUT2D eigenvalue weighted by Crippen LogP contribution is 2.16. The summed E-state index contributed by atoms with van der Waals surface area (Å²) in [5, 5.41) is 14.0. The van der Waals surface area contributed by atoms with Crippen LogP contribution >= 0.6 is 0 Å². The van der Waals surface area contributed by atoms with Gasteiger partial charge >= 0.3 is 11.8 Å². The molecule has 1 unspecified atom stereocenters. The maximum absolute atomic E-state index is 11.9. The lowest BCUT2D eigenvalue weighted by Crippen LogP contribution is -2.40. The number of nitrogens with one attached hydrogen (secondary N) is 2. The molecule has 0 fully saturated rings. The molecule has 3 N–H and O–H groups in total. The summed E-state index contributed by atoms with van der Waals surface area (Å²) in [5.41, 5.74) is 1.71. The van der Waals surface area contributed by atoms with E-state index in [1.165, 1.54) is 0 Å². The first-order chi connectivity index (χ1) is 10.1. The predicted molar refractivity (Wildman–Crippen MR) is 83.0 cm³/mol. The fourth-order valence-electron chi connectivity index (χ4n) is 2.07. The van der Waals surface area contributed by atoms with Gasteiger partial charge < -0.3 is 15.7 Å². The number of amides is 2. The first-order valence-electron chi connectivity index (χ1n) is 7.39. The zero-order valence-electron chi connectivity index (χ0n) is 12.7. The minimum absolute atomic E-state index is 0.0802. The minimum Gasteiger partial charge on any atom is -0.396 e. The molecule has 0 saturated carbocycles. The second-order valence-electron chi connectivity index (χ2n) is 5.10. The number of benzene rings is 1. The van der Waals surface area contributed by atoms with Crippen LogP contribution < -0.4 is 10.6 Å². The number of carbonyl (C=O) groups is 2. The summed E-state index contributed by atoms with van der Waals surface area (Å²) in [6, 6.07) is 7.35. The second-order valence-corrected chi connectivity index (χ2v) is 5.10. The standard InChI is InChI=1S/C16H24N2O3/c1-3-7-13-9-4-5-10-14(13)18-16(21)15(20)17-12(2)8-6-11-19/h4-5,9-10,12,19H,3,6-8,11H2,1-2H3,(H,17,20)(H,18,21). The smallest absolute Gasteiger partial charge is 0.313 e. The number of rotatable bonds is 7. The summed E-state index contributed by atoms with van der Waals surface area (Å²) in [6.07, 6.45) is 3.06. The first-order valence-corrected chi connectivity index (χ1v) is 7.39. The van der Waals surface area contributed by atoms with E-state index < -0.39 is 11.8 Å². The van der Waals surface area contributed by atoms with Crippen molar-refractivity contribution in [2.24, 2.45) is 0 Å². The van der Waals surface area contributed by atoms with Crippen LogP contribution in [0.3, 0.4) is 0 Å². The molecule has 0 bridgehead atoms. The third-order valence-electron chi connectivity index (χ3n) is 3.16. The maximum atomic E-state index is 11.9. The Morgan fingerprint density at radius 2 is 1.95 bits per heavy atom. The molecule has 1 aromatic carbocycles. The molecule has 1 rings (SSSR count). The van der Waals surface area contributed by atoms with Crippen LogP contribution in [0.25, 0.3) is 0 Å². The van der Waals surface area contributed by atoms with Gasteiger partial charge in [0.1, 0.15) is 0 Å². The Bertz CT molecular complexity index is 474. The Kier molecular flexibility index (Phi) is 7.46. The highest BCUT2D eigenvalue weighted by molar-refractivity contribution is 6.39. The predicted octanol–water partition coefficient (Wildman–Crippen LogP) is 1.85. The molecule has 0 heterocycles. The molecule has 0 aliphatic rings. The van der Waals surface area contributed by atoms with Gasteiger partial charge in [-0.05, 0) is 37.8 Å². The van der Waals surface area contributed by atoms with E-state index in [9.17, 15) is 9.59 Å². The third-order valence-corrected chi connectivity index (χ3v) is 3.16. The van der Waals surface area contributed by atoms with Gasteiger partial charge in [-0.3, -0.25) is 9.59 Å². The Hall–Kier alpha value is -1.88. The molecular formula is C16H24N2O3. The van der Waals surface area contributed by atoms with E-state index in [0.29, 0.717) is 18.5 Å². The largest absolute Gasteiger partial charge is 0.396 e. The molecule has 0 aliphatic carbocycles. The van der Waals surface area contributed by atoms with Gasteiger partial charge in [-0.25, -0.2) is 0 Å². The number of hydrogen-bond donors (Lipinski definition) is 3. The lowest BCUT2D eigenvalue weighted by Gasteiger charge is -2.14. The Balaban J connectivity index is 2.58. The molecule has 116 valence electrons. The average Bonchev–Trinajstić information content (AvgIpc) is 2.47. The molecular weight excluding hydrogens is 268 g/mol. The van der Waals surface area contributed by atoms with Crippen molar-refractivity contribution in [2.75, 3.05) is 11.9 Å². The molecule has 1 atom stereocenters. The third kappa shape index (κ3) is 5.95. The fourth-order valence-corrected chi connectivity index (χ4v) is 2.07. The summed E-state index contributed by atoms with van der Waals surface area (Å²) < 4.78 is 0. The van der Waals surface area contributed by atoms with Crippen LogP contribution in [0.2, 0.25) is 0 Å². The topological polar surface area (TPSA) is 78.4 Å². The molecule has 0 aromatic heterocycles. The monoisotopic (exact) mass is 292 g/mol. The Morgan fingerprint density at radius 1 is 1.24 bits per heavy atom. The highest BCUT2D eigenvalue weighted by Gasteiger charge is 2.17. The zero-order chi connectivity index (χ0) is 15.7. The SMILES string of the molecule is CCCc1ccccc1NC(=O)C(=O)NC(C)CCCO. The van der Waals surface area contributed by atoms with Gasteiger partial charge in [-0.15, -0.1) is 0 Å². The van der Waals surface area contributed by atoms with Gasteiger partial charge in [0.2, 0.25) is 0 Å². The normalized spacial score (nSPS) is 11.8. The van der Waals surface area contributed by atoms with E-state index >= 15 is 0 Å². The van der Waals surface area contributed by atoms with Crippen LogP contribution in [0.1, 0.15) is 38.7 Å². The van der Waals surface area contributed by atoms with Crippen molar-refractivity contribution in [1.29, 1.82) is 0 Å². The van der Waals surface area contributed by atoms with Crippen molar-refractivity contribution >= 4 is 17.5 Å². The lowest BCUT2D eigenvalue weighted by molar-refractivity contribution is -0.136. The van der Waals surface area contributed by atoms with Crippen LogP contribution in [0.4, 0.5) is 5.69 Å². The summed E-state index contributed by atoms with van der Waals surface area (Å²) in [6.45, 7) is 3.96. The molecule has 0 aliphatic heterocycles. The first kappa shape index (κ1) is 17.2. The van der Waals surface area contributed by atoms with Gasteiger partial charge in [0.05, 0.1) is 0 Å². The Labute approximate surface area is 125 Å². The molecule has 2 amide bonds. The molecule has 0 saturated heterocycles. The lowest BCUT2D eigenvalue weighted by atomic mass is 10.1. The Morgan fingerprint density at radius 3 is 2.62 bits per heavy atom. The summed E-state index contributed by atoms with van der Waals surface area (Å²) in [7, 11) is 0. The van der Waals surface area contributed by atoms with E-state index in [4.69, 9.17) is 5.11 Å². The van der Waals surface area contributed by atoms with Gasteiger partial charge in [-0.1, -0.05) is 31.5 Å². The van der Waals surface area contributed by atoms with Gasteiger partial charge in [-0.2, -0.15) is 0 Å². The van der Waals surface area contributed by atoms with Crippen molar-refractivity contribution in [2.45, 2.75) is 45.6 Å². The average molecular weight is 292 g/mol. The van der Waals surface area contributed by atoms with Crippen LogP contribution in [-0.2, 0) is 16.0 Å². The summed E-state index contributed by atoms with van der Waals surface area (Å²) in [5.74, 6) is -1.30. The van der Waals surface area contributed by atoms with E-state index in [1.807, 2.05) is 25.1 Å². The molecule has 1 aromatic rings. The highest BCUT2D eigenvalue weighted by atomic mass is 16.3. The number of aryl methyl sites for hydroxylation is 1. The zero-order valence-corrected chi connectivity index (χ0v) is 12.7. The molecule has 5 heteroatoms. The van der Waals surface area contributed by atoms with Crippen LogP contribution in [0, 0.1) is 0 Å². The quantitative estimate of drug-likeness (QED) is 0.671. The van der Waals surface area contributed by atoms with Crippen molar-refractivity contribution in [1.82, 2.24) is 5.32 Å². The van der Waals surface area contributed by atoms with Gasteiger partial charge in [0.25, 0.3) is 0 Å². The fraction of sp³-hybridized carbons (Fsp3) is 0.500. The second kappa shape index (κ2) is 9.13. The summed E-state index contributed by atoms with van der Waals surface area (Å²) >= 11 is 0. The number of aliphatic hydroxyl groups is 1. The summed E-state index contributed by atoms with van der Waals surface area (Å²) in [4.78, 5) is 23.7. The molecule has 0 spiro atoms. The number of para-hydroxylation sites is 1. The van der Waals surface area contributed by atoms with Gasteiger partial charge in [0.15, 0.2) is 0 Å². The molecule has 21 heavy (non-hydrogen) atoms. The van der Waals surface area contributed by atoms with E-state index in [0.717, 1.165) is 18.4 Å². The maximum Gasteiger partial charge on any atom is 0.313 e. The number of hydrogen-bond acceptors (Lipinski definition) is 3. The van der Waals surface area contributed by atoms with Gasteiger partial charge in [0, 0.05) is 18.3 Å². The number of carbonyl (C=O) groups excluding carboxylic acids is 2. The van der Waals surface area contributed by atoms with Crippen molar-refractivity contribution < 1.29 is 14.7 Å².